The van der Waals surface area contributed by atoms with Gasteiger partial charge in [0.05, 0.1) is 18.4 Å². The maximum absolute atomic E-state index is 13.5. The number of carbonyl (C=O) groups is 1. The Balaban J connectivity index is 1.72. The summed E-state index contributed by atoms with van der Waals surface area (Å²) in [5, 5.41) is 7.19. The maximum Gasteiger partial charge on any atom is 0.171 e. The first-order chi connectivity index (χ1) is 11.6. The number of rotatable bonds is 5. The number of aromatic nitrogens is 2. The lowest BCUT2D eigenvalue weighted by Gasteiger charge is -2.31. The van der Waals surface area contributed by atoms with Crippen molar-refractivity contribution in [3.63, 3.8) is 0 Å². The van der Waals surface area contributed by atoms with Crippen molar-refractivity contribution in [3.05, 3.63) is 47.0 Å². The van der Waals surface area contributed by atoms with Gasteiger partial charge in [0.15, 0.2) is 5.78 Å². The molecule has 1 aliphatic heterocycles. The lowest BCUT2D eigenvalue weighted by molar-refractivity contribution is 0.0806. The number of ether oxygens (including phenoxy) is 1. The molecule has 1 N–H and O–H groups in total. The van der Waals surface area contributed by atoms with E-state index in [2.05, 4.69) is 15.1 Å². The summed E-state index contributed by atoms with van der Waals surface area (Å²) in [4.78, 5) is 15.1. The summed E-state index contributed by atoms with van der Waals surface area (Å²) in [7, 11) is 1.50. The molecule has 1 aromatic heterocycles. The molecular formula is C18H22FN3O2. The maximum atomic E-state index is 13.5. The second kappa shape index (κ2) is 7.13. The third-order valence-corrected chi connectivity index (χ3v) is 4.45. The Morgan fingerprint density at radius 2 is 2.29 bits per heavy atom. The van der Waals surface area contributed by atoms with Crippen LogP contribution in [-0.4, -0.2) is 41.1 Å². The van der Waals surface area contributed by atoms with Crippen molar-refractivity contribution in [2.75, 3.05) is 20.2 Å². The van der Waals surface area contributed by atoms with Gasteiger partial charge in [0.1, 0.15) is 11.6 Å². The van der Waals surface area contributed by atoms with E-state index in [1.807, 2.05) is 13.0 Å². The lowest BCUT2D eigenvalue weighted by Crippen LogP contribution is -2.38. The SMILES string of the molecule is COc1ccc(F)cc1C(=O)[C@H]1CCCN(Cc2cc(C)[nH]n2)C1. The van der Waals surface area contributed by atoms with Crippen molar-refractivity contribution in [1.29, 1.82) is 0 Å². The van der Waals surface area contributed by atoms with Crippen molar-refractivity contribution < 1.29 is 13.9 Å². The van der Waals surface area contributed by atoms with E-state index in [4.69, 9.17) is 4.74 Å². The number of piperidine rings is 1. The number of nitrogens with one attached hydrogen (secondary N) is 1. The first kappa shape index (κ1) is 16.6. The fraction of sp³-hybridized carbons (Fsp3) is 0.444. The molecule has 2 aromatic rings. The molecular weight excluding hydrogens is 309 g/mol. The summed E-state index contributed by atoms with van der Waals surface area (Å²) in [6.07, 6.45) is 1.76. The van der Waals surface area contributed by atoms with Crippen molar-refractivity contribution in [1.82, 2.24) is 15.1 Å². The molecule has 1 aromatic carbocycles. The molecule has 5 nitrogen and oxygen atoms in total. The highest BCUT2D eigenvalue weighted by Crippen LogP contribution is 2.27. The van der Waals surface area contributed by atoms with Crippen LogP contribution in [0.1, 0.15) is 34.6 Å². The predicted octanol–water partition coefficient (Wildman–Crippen LogP) is 2.96. The molecule has 0 unspecified atom stereocenters. The van der Waals surface area contributed by atoms with E-state index in [0.29, 0.717) is 24.4 Å². The minimum atomic E-state index is -0.418. The number of H-pyrrole nitrogens is 1. The highest BCUT2D eigenvalue weighted by Gasteiger charge is 2.28. The highest BCUT2D eigenvalue weighted by atomic mass is 19.1. The monoisotopic (exact) mass is 331 g/mol. The molecule has 1 saturated heterocycles. The Hall–Kier alpha value is -2.21. The topological polar surface area (TPSA) is 58.2 Å². The molecule has 1 fully saturated rings. The van der Waals surface area contributed by atoms with E-state index in [1.165, 1.54) is 25.3 Å². The van der Waals surface area contributed by atoms with Crippen molar-refractivity contribution in [3.8, 4) is 5.75 Å². The van der Waals surface area contributed by atoms with Gasteiger partial charge in [-0.3, -0.25) is 14.8 Å². The number of aromatic amines is 1. The number of Topliss-reactive ketones (excluding diaryl/α,β-unsaturated/α-hetero) is 1. The molecule has 0 bridgehead atoms. The number of benzene rings is 1. The Kier molecular flexibility index (Phi) is 4.94. The molecule has 2 heterocycles. The number of nitrogens with zero attached hydrogens (tertiary/aromatic N) is 2. The Labute approximate surface area is 140 Å². The van der Waals surface area contributed by atoms with Gasteiger partial charge >= 0.3 is 0 Å². The van der Waals surface area contributed by atoms with Gasteiger partial charge in [-0.05, 0) is 50.6 Å². The Morgan fingerprint density at radius 1 is 1.46 bits per heavy atom. The van der Waals surface area contributed by atoms with Crippen LogP contribution in [0.2, 0.25) is 0 Å². The second-order valence-corrected chi connectivity index (χ2v) is 6.33. The van der Waals surface area contributed by atoms with Gasteiger partial charge in [-0.15, -0.1) is 0 Å². The zero-order valence-electron chi connectivity index (χ0n) is 14.0. The molecule has 0 spiro atoms. The highest BCUT2D eigenvalue weighted by molar-refractivity contribution is 6.00. The average molecular weight is 331 g/mol. The second-order valence-electron chi connectivity index (χ2n) is 6.33. The molecule has 6 heteroatoms. The van der Waals surface area contributed by atoms with Crippen LogP contribution in [0.25, 0.3) is 0 Å². The predicted molar refractivity (Wildman–Crippen MR) is 88.6 cm³/mol. The number of aryl methyl sites for hydroxylation is 1. The number of halogens is 1. The Morgan fingerprint density at radius 3 is 3.00 bits per heavy atom. The van der Waals surface area contributed by atoms with E-state index < -0.39 is 5.82 Å². The molecule has 0 saturated carbocycles. The molecule has 24 heavy (non-hydrogen) atoms. The molecule has 1 atom stereocenters. The van der Waals surface area contributed by atoms with Gasteiger partial charge in [0.25, 0.3) is 0 Å². The van der Waals surface area contributed by atoms with Crippen LogP contribution in [0.5, 0.6) is 5.75 Å². The standard InChI is InChI=1S/C18H22FN3O2/c1-12-8-15(21-20-12)11-22-7-3-4-13(10-22)18(23)16-9-14(19)5-6-17(16)24-2/h5-6,8-9,13H,3-4,7,10-11H2,1-2H3,(H,20,21)/t13-/m0/s1. The Bertz CT molecular complexity index is 729. The van der Waals surface area contributed by atoms with Crippen LogP contribution in [0.3, 0.4) is 0 Å². The van der Waals surface area contributed by atoms with Crippen LogP contribution >= 0.6 is 0 Å². The third-order valence-electron chi connectivity index (χ3n) is 4.45. The molecule has 1 aliphatic rings. The van der Waals surface area contributed by atoms with E-state index in [9.17, 15) is 9.18 Å². The van der Waals surface area contributed by atoms with Crippen molar-refractivity contribution >= 4 is 5.78 Å². The molecule has 0 radical (unpaired) electrons. The summed E-state index contributed by atoms with van der Waals surface area (Å²) in [6, 6.07) is 6.11. The lowest BCUT2D eigenvalue weighted by atomic mass is 9.89. The molecule has 128 valence electrons. The zero-order chi connectivity index (χ0) is 17.1. The first-order valence-corrected chi connectivity index (χ1v) is 8.18. The smallest absolute Gasteiger partial charge is 0.171 e. The van der Waals surface area contributed by atoms with Gasteiger partial charge in [0.2, 0.25) is 0 Å². The largest absolute Gasteiger partial charge is 0.496 e. The van der Waals surface area contributed by atoms with Crippen molar-refractivity contribution in [2.45, 2.75) is 26.3 Å². The van der Waals surface area contributed by atoms with E-state index in [0.717, 1.165) is 30.8 Å². The number of hydrogen-bond donors (Lipinski definition) is 1. The van der Waals surface area contributed by atoms with Gasteiger partial charge in [-0.1, -0.05) is 0 Å². The van der Waals surface area contributed by atoms with Crippen LogP contribution < -0.4 is 4.74 Å². The van der Waals surface area contributed by atoms with Gasteiger partial charge in [-0.2, -0.15) is 5.10 Å². The fourth-order valence-electron chi connectivity index (χ4n) is 3.29. The first-order valence-electron chi connectivity index (χ1n) is 8.18. The van der Waals surface area contributed by atoms with Gasteiger partial charge in [0, 0.05) is 24.7 Å². The summed E-state index contributed by atoms with van der Waals surface area (Å²) in [5.41, 5.74) is 2.34. The number of carbonyl (C=O) groups excluding carboxylic acids is 1. The van der Waals surface area contributed by atoms with Crippen molar-refractivity contribution in [2.24, 2.45) is 5.92 Å². The number of hydrogen-bond acceptors (Lipinski definition) is 4. The molecule has 3 rings (SSSR count). The normalized spacial score (nSPS) is 18.5. The summed E-state index contributed by atoms with van der Waals surface area (Å²) < 4.78 is 18.8. The number of methoxy groups -OCH3 is 1. The van der Waals surface area contributed by atoms with Crippen LogP contribution in [0.15, 0.2) is 24.3 Å². The van der Waals surface area contributed by atoms with Gasteiger partial charge in [-0.25, -0.2) is 4.39 Å². The minimum absolute atomic E-state index is 0.0470. The number of likely N-dealkylation sites (tertiary alicyclic amines) is 1. The zero-order valence-corrected chi connectivity index (χ0v) is 14.0. The fourth-order valence-corrected chi connectivity index (χ4v) is 3.29. The summed E-state index contributed by atoms with van der Waals surface area (Å²) in [6.45, 7) is 4.28. The third kappa shape index (κ3) is 3.64. The average Bonchev–Trinajstić information content (AvgIpc) is 2.99. The van der Waals surface area contributed by atoms with Crippen LogP contribution in [0, 0.1) is 18.7 Å². The van der Waals surface area contributed by atoms with Crippen LogP contribution in [0.4, 0.5) is 4.39 Å². The van der Waals surface area contributed by atoms with E-state index in [-0.39, 0.29) is 11.7 Å². The summed E-state index contributed by atoms with van der Waals surface area (Å²) in [5.74, 6) is -0.177. The van der Waals surface area contributed by atoms with Gasteiger partial charge < -0.3 is 4.74 Å². The minimum Gasteiger partial charge on any atom is -0.496 e. The van der Waals surface area contributed by atoms with E-state index >= 15 is 0 Å². The van der Waals surface area contributed by atoms with E-state index in [1.54, 1.807) is 0 Å². The molecule has 0 aliphatic carbocycles. The summed E-state index contributed by atoms with van der Waals surface area (Å²) >= 11 is 0. The number of ketones is 1. The quantitative estimate of drug-likeness (QED) is 0.856. The molecule has 0 amide bonds. The van der Waals surface area contributed by atoms with Crippen LogP contribution in [-0.2, 0) is 6.54 Å².